The highest BCUT2D eigenvalue weighted by atomic mass is 32.1. The van der Waals surface area contributed by atoms with E-state index in [1.54, 1.807) is 24.3 Å². The summed E-state index contributed by atoms with van der Waals surface area (Å²) in [6, 6.07) is 14.9. The van der Waals surface area contributed by atoms with E-state index in [0.29, 0.717) is 16.3 Å². The summed E-state index contributed by atoms with van der Waals surface area (Å²) >= 11 is 1.18. The van der Waals surface area contributed by atoms with Crippen molar-refractivity contribution < 1.29 is 14.3 Å². The van der Waals surface area contributed by atoms with E-state index in [2.05, 4.69) is 20.8 Å². The van der Waals surface area contributed by atoms with Gasteiger partial charge in [-0.15, -0.1) is 10.2 Å². The second-order valence-corrected chi connectivity index (χ2v) is 8.61. The molecule has 4 rings (SSSR count). The minimum absolute atomic E-state index is 0.116. The molecule has 2 amide bonds. The number of amides is 2. The maximum atomic E-state index is 12.6. The number of nitrogens with zero attached hydrogens (tertiary/aromatic N) is 2. The Morgan fingerprint density at radius 2 is 1.87 bits per heavy atom. The summed E-state index contributed by atoms with van der Waals surface area (Å²) < 4.78 is 5.76. The Morgan fingerprint density at radius 3 is 2.68 bits per heavy atom. The fourth-order valence-electron chi connectivity index (χ4n) is 3.52. The molecule has 1 saturated carbocycles. The highest BCUT2D eigenvalue weighted by molar-refractivity contribution is 7.13. The van der Waals surface area contributed by atoms with Crippen LogP contribution in [0.3, 0.4) is 0 Å². The van der Waals surface area contributed by atoms with Crippen molar-refractivity contribution in [1.29, 1.82) is 0 Å². The van der Waals surface area contributed by atoms with Gasteiger partial charge in [-0.3, -0.25) is 9.59 Å². The first-order valence-electron chi connectivity index (χ1n) is 10.3. The lowest BCUT2D eigenvalue weighted by atomic mass is 10.1. The number of hydrogen-bond donors (Lipinski definition) is 2. The maximum absolute atomic E-state index is 12.6. The number of aryl methyl sites for hydroxylation is 1. The van der Waals surface area contributed by atoms with Gasteiger partial charge in [0.2, 0.25) is 5.01 Å². The van der Waals surface area contributed by atoms with Gasteiger partial charge in [0, 0.05) is 17.3 Å². The average Bonchev–Trinajstić information content (AvgIpc) is 3.45. The van der Waals surface area contributed by atoms with Crippen LogP contribution in [0, 0.1) is 6.92 Å². The lowest BCUT2D eigenvalue weighted by Crippen LogP contribution is -2.32. The van der Waals surface area contributed by atoms with Crippen LogP contribution in [0.5, 0.6) is 5.75 Å². The maximum Gasteiger partial charge on any atom is 0.286 e. The SMILES string of the molecule is Cc1ccccc1OCc1nnc(C(=O)Nc2cccc(C(=O)NC3CCCC3)c2)s1. The third kappa shape index (κ3) is 5.46. The second kappa shape index (κ2) is 9.70. The van der Waals surface area contributed by atoms with Crippen molar-refractivity contribution in [2.24, 2.45) is 0 Å². The Labute approximate surface area is 184 Å². The third-order valence-corrected chi connectivity index (χ3v) is 6.07. The van der Waals surface area contributed by atoms with Crippen LogP contribution in [-0.4, -0.2) is 28.1 Å². The fourth-order valence-corrected chi connectivity index (χ4v) is 4.17. The topological polar surface area (TPSA) is 93.2 Å². The van der Waals surface area contributed by atoms with Gasteiger partial charge in [-0.1, -0.05) is 48.4 Å². The molecule has 1 fully saturated rings. The molecule has 1 aliphatic carbocycles. The van der Waals surface area contributed by atoms with Gasteiger partial charge in [0.15, 0.2) is 5.01 Å². The van der Waals surface area contributed by atoms with Crippen molar-refractivity contribution >= 4 is 28.8 Å². The first kappa shape index (κ1) is 21.0. The predicted molar refractivity (Wildman–Crippen MR) is 120 cm³/mol. The van der Waals surface area contributed by atoms with Crippen molar-refractivity contribution in [2.45, 2.75) is 45.3 Å². The van der Waals surface area contributed by atoms with E-state index >= 15 is 0 Å². The number of carbonyl (C=O) groups is 2. The number of benzene rings is 2. The van der Waals surface area contributed by atoms with Crippen molar-refractivity contribution in [3.63, 3.8) is 0 Å². The zero-order chi connectivity index (χ0) is 21.6. The normalized spacial score (nSPS) is 13.7. The Morgan fingerprint density at radius 1 is 1.06 bits per heavy atom. The molecule has 0 spiro atoms. The van der Waals surface area contributed by atoms with Crippen LogP contribution in [0.25, 0.3) is 0 Å². The number of nitrogens with one attached hydrogen (secondary N) is 2. The third-order valence-electron chi connectivity index (χ3n) is 5.18. The van der Waals surface area contributed by atoms with Crippen molar-refractivity contribution in [2.75, 3.05) is 5.32 Å². The van der Waals surface area contributed by atoms with Crippen molar-refractivity contribution in [1.82, 2.24) is 15.5 Å². The molecule has 0 atom stereocenters. The zero-order valence-corrected chi connectivity index (χ0v) is 18.1. The average molecular weight is 437 g/mol. The zero-order valence-electron chi connectivity index (χ0n) is 17.3. The Hall–Kier alpha value is -3.26. The molecule has 0 bridgehead atoms. The van der Waals surface area contributed by atoms with Crippen LogP contribution in [-0.2, 0) is 6.61 Å². The van der Waals surface area contributed by atoms with E-state index in [9.17, 15) is 9.59 Å². The first-order valence-corrected chi connectivity index (χ1v) is 11.1. The molecule has 8 heteroatoms. The summed E-state index contributed by atoms with van der Waals surface area (Å²) in [6.07, 6.45) is 4.35. The lowest BCUT2D eigenvalue weighted by molar-refractivity contribution is 0.0936. The smallest absolute Gasteiger partial charge is 0.286 e. The molecule has 0 saturated heterocycles. The van der Waals surface area contributed by atoms with Gasteiger partial charge >= 0.3 is 0 Å². The summed E-state index contributed by atoms with van der Waals surface area (Å²) in [5.41, 5.74) is 2.09. The van der Waals surface area contributed by atoms with Crippen LogP contribution in [0.1, 0.15) is 56.4 Å². The number of ether oxygens (including phenoxy) is 1. The Bertz CT molecular complexity index is 1080. The van der Waals surface area contributed by atoms with Crippen molar-refractivity contribution in [3.8, 4) is 5.75 Å². The summed E-state index contributed by atoms with van der Waals surface area (Å²) in [6.45, 7) is 2.21. The molecule has 0 unspecified atom stereocenters. The molecule has 1 aliphatic rings. The van der Waals surface area contributed by atoms with E-state index in [1.165, 1.54) is 11.3 Å². The van der Waals surface area contributed by atoms with Crippen LogP contribution in [0.2, 0.25) is 0 Å². The molecule has 1 heterocycles. The van der Waals surface area contributed by atoms with Crippen LogP contribution >= 0.6 is 11.3 Å². The quantitative estimate of drug-likeness (QED) is 0.574. The van der Waals surface area contributed by atoms with Gasteiger partial charge in [-0.05, 0) is 49.6 Å². The second-order valence-electron chi connectivity index (χ2n) is 7.54. The van der Waals surface area contributed by atoms with Gasteiger partial charge in [0.1, 0.15) is 12.4 Å². The van der Waals surface area contributed by atoms with E-state index < -0.39 is 0 Å². The molecule has 1 aromatic heterocycles. The minimum atomic E-state index is -0.368. The highest BCUT2D eigenvalue weighted by Crippen LogP contribution is 2.21. The van der Waals surface area contributed by atoms with E-state index in [-0.39, 0.29) is 29.5 Å². The molecule has 0 radical (unpaired) electrons. The lowest BCUT2D eigenvalue weighted by Gasteiger charge is -2.12. The monoisotopic (exact) mass is 436 g/mol. The van der Waals surface area contributed by atoms with E-state index in [1.807, 2.05) is 31.2 Å². The van der Waals surface area contributed by atoms with Gasteiger partial charge in [-0.25, -0.2) is 0 Å². The Kier molecular flexibility index (Phi) is 6.57. The highest BCUT2D eigenvalue weighted by Gasteiger charge is 2.19. The van der Waals surface area contributed by atoms with Gasteiger partial charge in [0.05, 0.1) is 0 Å². The van der Waals surface area contributed by atoms with Crippen LogP contribution in [0.15, 0.2) is 48.5 Å². The molecule has 7 nitrogen and oxygen atoms in total. The minimum Gasteiger partial charge on any atom is -0.486 e. The molecule has 2 aromatic carbocycles. The van der Waals surface area contributed by atoms with Crippen LogP contribution in [0.4, 0.5) is 5.69 Å². The summed E-state index contributed by atoms with van der Waals surface area (Å²) in [4.78, 5) is 25.0. The molecular weight excluding hydrogens is 412 g/mol. The molecule has 31 heavy (non-hydrogen) atoms. The van der Waals surface area contributed by atoms with Gasteiger partial charge < -0.3 is 15.4 Å². The number of rotatable bonds is 7. The number of para-hydroxylation sites is 1. The van der Waals surface area contributed by atoms with E-state index in [0.717, 1.165) is 37.0 Å². The summed E-state index contributed by atoms with van der Waals surface area (Å²) in [5.74, 6) is 0.291. The largest absolute Gasteiger partial charge is 0.486 e. The number of carbonyl (C=O) groups excluding carboxylic acids is 2. The molecular formula is C23H24N4O3S. The molecule has 0 aliphatic heterocycles. The number of aromatic nitrogens is 2. The fraction of sp³-hybridized carbons (Fsp3) is 0.304. The Balaban J connectivity index is 1.35. The molecule has 160 valence electrons. The standard InChI is InChI=1S/C23H24N4O3S/c1-15-7-2-5-12-19(15)30-14-20-26-27-23(31-20)22(29)25-18-11-6-8-16(13-18)21(28)24-17-9-3-4-10-17/h2,5-8,11-13,17H,3-4,9-10,14H2,1H3,(H,24,28)(H,25,29). The van der Waals surface area contributed by atoms with Crippen LogP contribution < -0.4 is 15.4 Å². The molecule has 2 N–H and O–H groups in total. The molecule has 3 aromatic rings. The van der Waals surface area contributed by atoms with Gasteiger partial charge in [0.25, 0.3) is 11.8 Å². The van der Waals surface area contributed by atoms with Gasteiger partial charge in [-0.2, -0.15) is 0 Å². The predicted octanol–water partition coefficient (Wildman–Crippen LogP) is 4.35. The summed E-state index contributed by atoms with van der Waals surface area (Å²) in [5, 5.41) is 14.7. The first-order chi connectivity index (χ1) is 15.1. The van der Waals surface area contributed by atoms with Crippen molar-refractivity contribution in [3.05, 3.63) is 69.7 Å². The van der Waals surface area contributed by atoms with E-state index in [4.69, 9.17) is 4.74 Å². The summed E-state index contributed by atoms with van der Waals surface area (Å²) in [7, 11) is 0. The number of anilines is 1. The number of hydrogen-bond acceptors (Lipinski definition) is 6.